The Kier molecular flexibility index (Phi) is 2.91. The first-order valence-corrected chi connectivity index (χ1v) is 7.58. The molecule has 5 unspecified atom stereocenters. The highest BCUT2D eigenvalue weighted by Crippen LogP contribution is 2.60. The first-order chi connectivity index (χ1) is 8.00. The lowest BCUT2D eigenvalue weighted by Crippen LogP contribution is -2.38. The van der Waals surface area contributed by atoms with E-state index in [9.17, 15) is 0 Å². The predicted molar refractivity (Wildman–Crippen MR) is 74.2 cm³/mol. The minimum atomic E-state index is -0.438. The molecular weight excluding hydrogens is 202 g/mol. The van der Waals surface area contributed by atoms with Crippen molar-refractivity contribution in [1.82, 2.24) is 0 Å². The number of hydrogen-bond donors (Lipinski definition) is 0. The van der Waals surface area contributed by atoms with Crippen LogP contribution in [0, 0.1) is 35.5 Å². The van der Waals surface area contributed by atoms with E-state index in [4.69, 9.17) is 15.7 Å². The monoisotopic (exact) mass is 226 g/mol. The van der Waals surface area contributed by atoms with E-state index >= 15 is 0 Å². The molecule has 0 amide bonds. The molecule has 3 saturated carbocycles. The summed E-state index contributed by atoms with van der Waals surface area (Å²) in [7, 11) is 12.8. The van der Waals surface area contributed by atoms with E-state index in [1.54, 1.807) is 0 Å². The topological polar surface area (TPSA) is 0 Å². The van der Waals surface area contributed by atoms with Gasteiger partial charge in [-0.2, -0.15) is 0 Å². The van der Waals surface area contributed by atoms with Crippen LogP contribution in [-0.4, -0.2) is 15.7 Å². The highest BCUT2D eigenvalue weighted by Gasteiger charge is 2.51. The summed E-state index contributed by atoms with van der Waals surface area (Å²) in [5, 5.41) is -0.438. The smallest absolute Gasteiger partial charge is 0.0627 e. The zero-order valence-electron chi connectivity index (χ0n) is 11.4. The van der Waals surface area contributed by atoms with Gasteiger partial charge in [0.15, 0.2) is 0 Å². The molecule has 0 spiro atoms. The summed E-state index contributed by atoms with van der Waals surface area (Å²) in [5.74, 6) is 5.04. The van der Waals surface area contributed by atoms with Gasteiger partial charge in [-0.15, -0.1) is 0 Å². The van der Waals surface area contributed by atoms with Crippen molar-refractivity contribution >= 4 is 15.7 Å². The Morgan fingerprint density at radius 3 is 2.18 bits per heavy atom. The molecule has 0 heterocycles. The minimum Gasteiger partial charge on any atom is -0.0940 e. The van der Waals surface area contributed by atoms with E-state index in [1.165, 1.54) is 38.5 Å². The van der Waals surface area contributed by atoms with Crippen molar-refractivity contribution in [2.45, 2.75) is 57.6 Å². The molecule has 0 aliphatic heterocycles. The van der Waals surface area contributed by atoms with Crippen molar-refractivity contribution < 1.29 is 0 Å². The van der Waals surface area contributed by atoms with Gasteiger partial charge in [-0.05, 0) is 55.8 Å². The van der Waals surface area contributed by atoms with Gasteiger partial charge in [0.2, 0.25) is 0 Å². The molecule has 2 heteroatoms. The molecule has 5 atom stereocenters. The lowest BCUT2D eigenvalue weighted by atomic mass is 9.40. The number of fused-ring (bicyclic) bond motifs is 5. The Balaban J connectivity index is 1.72. The first-order valence-electron chi connectivity index (χ1n) is 7.58. The third-order valence-electron chi connectivity index (χ3n) is 6.39. The molecule has 4 radical (unpaired) electrons. The second kappa shape index (κ2) is 4.07. The van der Waals surface area contributed by atoms with Crippen LogP contribution in [-0.2, 0) is 0 Å². The van der Waals surface area contributed by atoms with Crippen molar-refractivity contribution in [3.63, 3.8) is 0 Å². The summed E-state index contributed by atoms with van der Waals surface area (Å²) in [6, 6.07) is 0. The highest BCUT2D eigenvalue weighted by molar-refractivity contribution is 6.40. The van der Waals surface area contributed by atoms with Gasteiger partial charge in [0.25, 0.3) is 0 Å². The molecule has 0 aromatic heterocycles. The lowest BCUT2D eigenvalue weighted by molar-refractivity contribution is 0.103. The van der Waals surface area contributed by atoms with Gasteiger partial charge in [0.05, 0.1) is 15.7 Å². The Hall–Kier alpha value is 0.130. The average molecular weight is 226 g/mol. The molecule has 2 bridgehead atoms. The Bertz CT molecular complexity index is 297. The molecule has 3 aliphatic carbocycles. The van der Waals surface area contributed by atoms with E-state index in [0.29, 0.717) is 11.8 Å². The van der Waals surface area contributed by atoms with Crippen LogP contribution in [0.1, 0.15) is 52.4 Å². The van der Waals surface area contributed by atoms with Gasteiger partial charge in [-0.1, -0.05) is 37.3 Å². The Morgan fingerprint density at radius 1 is 0.882 bits per heavy atom. The molecule has 0 aromatic carbocycles. The van der Waals surface area contributed by atoms with Crippen molar-refractivity contribution in [2.75, 3.05) is 0 Å². The molecule has 90 valence electrons. The van der Waals surface area contributed by atoms with Gasteiger partial charge in [-0.3, -0.25) is 0 Å². The van der Waals surface area contributed by atoms with Gasteiger partial charge in [0.1, 0.15) is 0 Å². The molecule has 3 aliphatic rings. The molecule has 0 N–H and O–H groups in total. The van der Waals surface area contributed by atoms with Crippen LogP contribution in [0.15, 0.2) is 0 Å². The molecule has 3 fully saturated rings. The van der Waals surface area contributed by atoms with E-state index in [0.717, 1.165) is 23.7 Å². The van der Waals surface area contributed by atoms with E-state index < -0.39 is 5.21 Å². The first kappa shape index (κ1) is 12.2. The predicted octanol–water partition coefficient (Wildman–Crippen LogP) is 3.56. The van der Waals surface area contributed by atoms with Crippen molar-refractivity contribution in [2.24, 2.45) is 35.5 Å². The third-order valence-corrected chi connectivity index (χ3v) is 6.39. The largest absolute Gasteiger partial charge is 0.0940 e. The Morgan fingerprint density at radius 2 is 1.53 bits per heavy atom. The summed E-state index contributed by atoms with van der Waals surface area (Å²) in [4.78, 5) is 0. The van der Waals surface area contributed by atoms with Crippen molar-refractivity contribution in [1.29, 1.82) is 0 Å². The maximum absolute atomic E-state index is 6.39. The van der Waals surface area contributed by atoms with Crippen LogP contribution >= 0.6 is 0 Å². The molecule has 3 rings (SSSR count). The molecule has 0 nitrogen and oxygen atoms in total. The summed E-state index contributed by atoms with van der Waals surface area (Å²) in [6.45, 7) is 4.35. The lowest BCUT2D eigenvalue weighted by Gasteiger charge is -2.47. The van der Waals surface area contributed by atoms with Crippen molar-refractivity contribution in [3.8, 4) is 0 Å². The summed E-state index contributed by atoms with van der Waals surface area (Å²) in [5.41, 5.74) is 0. The number of hydrogen-bond acceptors (Lipinski definition) is 0. The quantitative estimate of drug-likeness (QED) is 0.631. The van der Waals surface area contributed by atoms with Gasteiger partial charge < -0.3 is 0 Å². The fraction of sp³-hybridized carbons (Fsp3) is 1.00. The minimum absolute atomic E-state index is 0.391. The standard InChI is InChI=1S/C15H24B2/c1-9(2)15(16,17)12-5-6-13-10-3-4-11(7-10)14(13)8-12/h9-14H,3-8H2,1-2H3. The SMILES string of the molecule is [B]C([B])(C(C)C)C1CCC2C3CCC(C3)C2C1. The molecule has 0 aromatic rings. The second-order valence-electron chi connectivity index (χ2n) is 7.33. The van der Waals surface area contributed by atoms with Gasteiger partial charge in [0, 0.05) is 0 Å². The zero-order valence-corrected chi connectivity index (χ0v) is 11.4. The van der Waals surface area contributed by atoms with E-state index in [-0.39, 0.29) is 0 Å². The van der Waals surface area contributed by atoms with Crippen LogP contribution in [0.25, 0.3) is 0 Å². The molecule has 17 heavy (non-hydrogen) atoms. The molecule has 0 saturated heterocycles. The summed E-state index contributed by atoms with van der Waals surface area (Å²) < 4.78 is 0. The normalized spacial score (nSPS) is 45.2. The third kappa shape index (κ3) is 1.81. The Labute approximate surface area is 109 Å². The van der Waals surface area contributed by atoms with Crippen LogP contribution < -0.4 is 0 Å². The van der Waals surface area contributed by atoms with Crippen LogP contribution in [0.3, 0.4) is 0 Å². The van der Waals surface area contributed by atoms with E-state index in [2.05, 4.69) is 13.8 Å². The fourth-order valence-electron chi connectivity index (χ4n) is 5.11. The zero-order chi connectivity index (χ0) is 12.2. The summed E-state index contributed by atoms with van der Waals surface area (Å²) >= 11 is 0. The fourth-order valence-corrected chi connectivity index (χ4v) is 5.11. The van der Waals surface area contributed by atoms with Crippen LogP contribution in [0.5, 0.6) is 0 Å². The van der Waals surface area contributed by atoms with Crippen LogP contribution in [0.4, 0.5) is 0 Å². The summed E-state index contributed by atoms with van der Waals surface area (Å²) in [6.07, 6.45) is 8.51. The van der Waals surface area contributed by atoms with Gasteiger partial charge >= 0.3 is 0 Å². The van der Waals surface area contributed by atoms with Crippen molar-refractivity contribution in [3.05, 3.63) is 0 Å². The number of rotatable bonds is 2. The average Bonchev–Trinajstić information content (AvgIpc) is 2.89. The van der Waals surface area contributed by atoms with E-state index in [1.807, 2.05) is 0 Å². The maximum atomic E-state index is 6.39. The molecular formula is C15H24B2. The van der Waals surface area contributed by atoms with Gasteiger partial charge in [-0.25, -0.2) is 0 Å². The maximum Gasteiger partial charge on any atom is 0.0627 e. The highest BCUT2D eigenvalue weighted by atomic mass is 14.5. The second-order valence-corrected chi connectivity index (χ2v) is 7.33. The van der Waals surface area contributed by atoms with Crippen LogP contribution in [0.2, 0.25) is 5.21 Å².